The highest BCUT2D eigenvalue weighted by Crippen LogP contribution is 2.20. The summed E-state index contributed by atoms with van der Waals surface area (Å²) in [4.78, 5) is 16.3. The number of aliphatic hydroxyl groups excluding tert-OH is 1. The van der Waals surface area contributed by atoms with Crippen LogP contribution in [-0.4, -0.2) is 70.3 Å². The van der Waals surface area contributed by atoms with Crippen LogP contribution in [0.2, 0.25) is 5.02 Å². The number of aryl methyl sites for hydroxylation is 1. The number of carbonyl (C=O) groups excluding carboxylic acids is 1. The van der Waals surface area contributed by atoms with E-state index in [0.29, 0.717) is 30.2 Å². The Hall–Kier alpha value is -1.11. The largest absolute Gasteiger partial charge is 0.396 e. The molecule has 0 saturated carbocycles. The molecule has 0 spiro atoms. The zero-order valence-corrected chi connectivity index (χ0v) is 11.9. The van der Waals surface area contributed by atoms with Crippen molar-refractivity contribution in [2.45, 2.75) is 19.4 Å². The molecular weight excluding hydrogens is 268 g/mol. The van der Waals surface area contributed by atoms with Crippen LogP contribution in [0.1, 0.15) is 22.6 Å². The van der Waals surface area contributed by atoms with Gasteiger partial charge in [-0.25, -0.2) is 0 Å². The highest BCUT2D eigenvalue weighted by molar-refractivity contribution is 6.34. The van der Waals surface area contributed by atoms with Crippen molar-refractivity contribution in [1.82, 2.24) is 20.0 Å². The Morgan fingerprint density at radius 2 is 2.32 bits per heavy atom. The number of nitrogens with zero attached hydrogens (tertiary/aromatic N) is 3. The molecule has 6 nitrogen and oxygen atoms in total. The van der Waals surface area contributed by atoms with E-state index in [4.69, 9.17) is 16.7 Å². The third-order valence-electron chi connectivity index (χ3n) is 3.60. The molecule has 2 N–H and O–H groups in total. The van der Waals surface area contributed by atoms with E-state index in [0.717, 1.165) is 6.54 Å². The lowest BCUT2D eigenvalue weighted by Gasteiger charge is -2.39. The standard InChI is InChI=1S/C12H19ClN4O2/c1-8-10(13)11(15-14-8)12(19)17-5-4-16(2)9(7-17)3-6-18/h9,18H,3-7H2,1-2H3,(H,14,15)/t9-/m0/s1. The zero-order valence-electron chi connectivity index (χ0n) is 11.2. The molecule has 0 unspecified atom stereocenters. The maximum atomic E-state index is 12.4. The molecule has 2 heterocycles. The lowest BCUT2D eigenvalue weighted by atomic mass is 10.1. The summed E-state index contributed by atoms with van der Waals surface area (Å²) in [5.74, 6) is -0.148. The van der Waals surface area contributed by atoms with E-state index >= 15 is 0 Å². The number of rotatable bonds is 3. The first-order valence-electron chi connectivity index (χ1n) is 6.35. The molecule has 0 radical (unpaired) electrons. The third-order valence-corrected chi connectivity index (χ3v) is 4.06. The highest BCUT2D eigenvalue weighted by Gasteiger charge is 2.29. The van der Waals surface area contributed by atoms with Crippen LogP contribution in [-0.2, 0) is 0 Å². The first kappa shape index (κ1) is 14.3. The van der Waals surface area contributed by atoms with E-state index in [1.54, 1.807) is 11.8 Å². The second-order valence-electron chi connectivity index (χ2n) is 4.91. The predicted molar refractivity (Wildman–Crippen MR) is 72.4 cm³/mol. The normalized spacial score (nSPS) is 20.8. The molecule has 1 saturated heterocycles. The number of aromatic nitrogens is 2. The molecule has 1 aromatic rings. The first-order chi connectivity index (χ1) is 9.04. The van der Waals surface area contributed by atoms with E-state index in [9.17, 15) is 4.79 Å². The number of hydrogen-bond acceptors (Lipinski definition) is 4. The average Bonchev–Trinajstić information content (AvgIpc) is 2.72. The molecule has 0 aliphatic carbocycles. The van der Waals surface area contributed by atoms with Crippen LogP contribution < -0.4 is 0 Å². The van der Waals surface area contributed by atoms with Gasteiger partial charge in [-0.15, -0.1) is 0 Å². The quantitative estimate of drug-likeness (QED) is 0.849. The Balaban J connectivity index is 2.09. The average molecular weight is 287 g/mol. The van der Waals surface area contributed by atoms with Gasteiger partial charge in [-0.05, 0) is 20.4 Å². The number of hydrogen-bond donors (Lipinski definition) is 2. The maximum absolute atomic E-state index is 12.4. The van der Waals surface area contributed by atoms with Crippen molar-refractivity contribution in [2.75, 3.05) is 33.3 Å². The number of amides is 1. The van der Waals surface area contributed by atoms with E-state index in [1.165, 1.54) is 0 Å². The maximum Gasteiger partial charge on any atom is 0.276 e. The Bertz CT molecular complexity index is 463. The molecule has 106 valence electrons. The molecule has 7 heteroatoms. The van der Waals surface area contributed by atoms with Gasteiger partial charge < -0.3 is 10.0 Å². The number of halogens is 1. The predicted octanol–water partition coefficient (Wildman–Crippen LogP) is 0.510. The van der Waals surface area contributed by atoms with Gasteiger partial charge in [0, 0.05) is 32.3 Å². The minimum atomic E-state index is -0.148. The Morgan fingerprint density at radius 3 is 2.89 bits per heavy atom. The van der Waals surface area contributed by atoms with Crippen molar-refractivity contribution in [2.24, 2.45) is 0 Å². The van der Waals surface area contributed by atoms with E-state index in [1.807, 2.05) is 7.05 Å². The molecule has 19 heavy (non-hydrogen) atoms. The van der Waals surface area contributed by atoms with Crippen molar-refractivity contribution >= 4 is 17.5 Å². The van der Waals surface area contributed by atoms with Crippen LogP contribution in [0.4, 0.5) is 0 Å². The lowest BCUT2D eigenvalue weighted by Crippen LogP contribution is -2.53. The van der Waals surface area contributed by atoms with Crippen molar-refractivity contribution < 1.29 is 9.90 Å². The number of piperazine rings is 1. The zero-order chi connectivity index (χ0) is 14.0. The van der Waals surface area contributed by atoms with Crippen LogP contribution in [0.15, 0.2) is 0 Å². The summed E-state index contributed by atoms with van der Waals surface area (Å²) in [5, 5.41) is 16.1. The third kappa shape index (κ3) is 2.91. The number of H-pyrrole nitrogens is 1. The monoisotopic (exact) mass is 286 g/mol. The van der Waals surface area contributed by atoms with E-state index in [2.05, 4.69) is 15.1 Å². The SMILES string of the molecule is Cc1[nH]nc(C(=O)N2CCN(C)[C@@H](CCO)C2)c1Cl. The molecule has 1 aromatic heterocycles. The molecule has 1 fully saturated rings. The van der Waals surface area contributed by atoms with Gasteiger partial charge in [0.2, 0.25) is 0 Å². The van der Waals surface area contributed by atoms with Crippen molar-refractivity contribution in [3.63, 3.8) is 0 Å². The summed E-state index contributed by atoms with van der Waals surface area (Å²) >= 11 is 6.06. The molecule has 1 atom stereocenters. The van der Waals surface area contributed by atoms with Gasteiger partial charge in [0.05, 0.1) is 10.7 Å². The molecule has 1 aliphatic heterocycles. The first-order valence-corrected chi connectivity index (χ1v) is 6.73. The summed E-state index contributed by atoms with van der Waals surface area (Å²) in [5.41, 5.74) is 0.984. The topological polar surface area (TPSA) is 72.5 Å². The van der Waals surface area contributed by atoms with Crippen LogP contribution in [0.5, 0.6) is 0 Å². The summed E-state index contributed by atoms with van der Waals surface area (Å²) in [6, 6.07) is 0.182. The lowest BCUT2D eigenvalue weighted by molar-refractivity contribution is 0.0495. The fraction of sp³-hybridized carbons (Fsp3) is 0.667. The van der Waals surface area contributed by atoms with Gasteiger partial charge in [-0.3, -0.25) is 14.8 Å². The van der Waals surface area contributed by atoms with Gasteiger partial charge in [0.25, 0.3) is 5.91 Å². The fourth-order valence-corrected chi connectivity index (χ4v) is 2.46. The second kappa shape index (κ2) is 5.90. The summed E-state index contributed by atoms with van der Waals surface area (Å²) in [7, 11) is 2.01. The van der Waals surface area contributed by atoms with Crippen molar-refractivity contribution in [3.8, 4) is 0 Å². The minimum absolute atomic E-state index is 0.124. The summed E-state index contributed by atoms with van der Waals surface area (Å²) < 4.78 is 0. The fourth-order valence-electron chi connectivity index (χ4n) is 2.30. The number of carbonyl (C=O) groups is 1. The Morgan fingerprint density at radius 1 is 1.58 bits per heavy atom. The van der Waals surface area contributed by atoms with Gasteiger partial charge >= 0.3 is 0 Å². The second-order valence-corrected chi connectivity index (χ2v) is 5.29. The van der Waals surface area contributed by atoms with Crippen molar-refractivity contribution in [3.05, 3.63) is 16.4 Å². The molecule has 0 aromatic carbocycles. The molecule has 1 amide bonds. The summed E-state index contributed by atoms with van der Waals surface area (Å²) in [6.07, 6.45) is 0.660. The van der Waals surface area contributed by atoms with Gasteiger partial charge in [0.1, 0.15) is 0 Å². The number of nitrogens with one attached hydrogen (secondary N) is 1. The minimum Gasteiger partial charge on any atom is -0.396 e. The van der Waals surface area contributed by atoms with Crippen molar-refractivity contribution in [1.29, 1.82) is 0 Å². The van der Waals surface area contributed by atoms with Crippen LogP contribution in [0.3, 0.4) is 0 Å². The van der Waals surface area contributed by atoms with Gasteiger partial charge in [-0.2, -0.15) is 5.10 Å². The molecule has 1 aliphatic rings. The number of likely N-dealkylation sites (N-methyl/N-ethyl adjacent to an activating group) is 1. The molecule has 0 bridgehead atoms. The molecule has 2 rings (SSSR count). The van der Waals surface area contributed by atoms with Crippen LogP contribution >= 0.6 is 11.6 Å². The Labute approximate surface area is 117 Å². The Kier molecular flexibility index (Phi) is 4.44. The van der Waals surface area contributed by atoms with E-state index < -0.39 is 0 Å². The summed E-state index contributed by atoms with van der Waals surface area (Å²) in [6.45, 7) is 3.94. The van der Waals surface area contributed by atoms with Crippen LogP contribution in [0, 0.1) is 6.92 Å². The number of aromatic amines is 1. The highest BCUT2D eigenvalue weighted by atomic mass is 35.5. The van der Waals surface area contributed by atoms with E-state index in [-0.39, 0.29) is 24.2 Å². The van der Waals surface area contributed by atoms with Crippen LogP contribution in [0.25, 0.3) is 0 Å². The van der Waals surface area contributed by atoms with Gasteiger partial charge in [0.15, 0.2) is 5.69 Å². The number of aliphatic hydroxyl groups is 1. The molecular formula is C12H19ClN4O2. The van der Waals surface area contributed by atoms with Gasteiger partial charge in [-0.1, -0.05) is 11.6 Å². The smallest absolute Gasteiger partial charge is 0.276 e.